The second-order valence-corrected chi connectivity index (χ2v) is 4.83. The Kier molecular flexibility index (Phi) is 3.61. The van der Waals surface area contributed by atoms with Gasteiger partial charge >= 0.3 is 0 Å². The lowest BCUT2D eigenvalue weighted by Crippen LogP contribution is -2.44. The van der Waals surface area contributed by atoms with E-state index in [2.05, 4.69) is 29.4 Å². The molecule has 0 aliphatic carbocycles. The van der Waals surface area contributed by atoms with E-state index < -0.39 is 0 Å². The third-order valence-corrected chi connectivity index (χ3v) is 3.49. The zero-order chi connectivity index (χ0) is 11.4. The standard InChI is InChI=1S/C12H21N3O/c1-3-12(2)6-11(4-5-16-12)13-7-10-8-14-15-9-10/h8-9,11,13H,3-7H2,1-2H3,(H,14,15). The molecule has 2 heterocycles. The molecule has 16 heavy (non-hydrogen) atoms. The van der Waals surface area contributed by atoms with Gasteiger partial charge in [-0.1, -0.05) is 6.92 Å². The lowest BCUT2D eigenvalue weighted by atomic mass is 9.90. The number of nitrogens with one attached hydrogen (secondary N) is 2. The van der Waals surface area contributed by atoms with Gasteiger partial charge in [0.15, 0.2) is 0 Å². The van der Waals surface area contributed by atoms with Crippen molar-refractivity contribution in [2.75, 3.05) is 6.61 Å². The molecule has 0 aromatic carbocycles. The van der Waals surface area contributed by atoms with Gasteiger partial charge in [-0.05, 0) is 26.2 Å². The van der Waals surface area contributed by atoms with Gasteiger partial charge in [0, 0.05) is 31.0 Å². The predicted molar refractivity (Wildman–Crippen MR) is 63.1 cm³/mol. The van der Waals surface area contributed by atoms with Gasteiger partial charge in [0.05, 0.1) is 11.8 Å². The quantitative estimate of drug-likeness (QED) is 0.819. The molecule has 1 saturated heterocycles. The maximum atomic E-state index is 5.82. The van der Waals surface area contributed by atoms with E-state index in [0.717, 1.165) is 32.4 Å². The number of hydrogen-bond donors (Lipinski definition) is 2. The maximum absolute atomic E-state index is 5.82. The number of rotatable bonds is 4. The van der Waals surface area contributed by atoms with E-state index in [4.69, 9.17) is 4.74 Å². The monoisotopic (exact) mass is 223 g/mol. The maximum Gasteiger partial charge on any atom is 0.0666 e. The van der Waals surface area contributed by atoms with E-state index in [1.54, 1.807) is 0 Å². The van der Waals surface area contributed by atoms with Crippen molar-refractivity contribution in [3.8, 4) is 0 Å². The highest BCUT2D eigenvalue weighted by molar-refractivity contribution is 5.02. The topological polar surface area (TPSA) is 49.9 Å². The van der Waals surface area contributed by atoms with Gasteiger partial charge in [0.2, 0.25) is 0 Å². The first-order valence-electron chi connectivity index (χ1n) is 6.07. The summed E-state index contributed by atoms with van der Waals surface area (Å²) >= 11 is 0. The molecule has 4 heteroatoms. The molecular formula is C12H21N3O. The molecule has 0 spiro atoms. The summed E-state index contributed by atoms with van der Waals surface area (Å²) in [6, 6.07) is 0.564. The van der Waals surface area contributed by atoms with Gasteiger partial charge < -0.3 is 10.1 Å². The van der Waals surface area contributed by atoms with Crippen LogP contribution in [-0.4, -0.2) is 28.4 Å². The summed E-state index contributed by atoms with van der Waals surface area (Å²) in [7, 11) is 0. The highest BCUT2D eigenvalue weighted by atomic mass is 16.5. The molecule has 2 atom stereocenters. The van der Waals surface area contributed by atoms with Crippen molar-refractivity contribution in [3.05, 3.63) is 18.0 Å². The third-order valence-electron chi connectivity index (χ3n) is 3.49. The second-order valence-electron chi connectivity index (χ2n) is 4.83. The largest absolute Gasteiger partial charge is 0.375 e. The van der Waals surface area contributed by atoms with Gasteiger partial charge in [-0.3, -0.25) is 5.10 Å². The van der Waals surface area contributed by atoms with Crippen LogP contribution in [0.3, 0.4) is 0 Å². The molecule has 1 aliphatic rings. The van der Waals surface area contributed by atoms with E-state index >= 15 is 0 Å². The van der Waals surface area contributed by atoms with Crippen LogP contribution in [-0.2, 0) is 11.3 Å². The van der Waals surface area contributed by atoms with E-state index in [1.165, 1.54) is 5.56 Å². The van der Waals surface area contributed by atoms with Crippen LogP contribution < -0.4 is 5.32 Å². The molecule has 0 saturated carbocycles. The molecule has 0 radical (unpaired) electrons. The zero-order valence-corrected chi connectivity index (χ0v) is 10.1. The Morgan fingerprint density at radius 2 is 2.56 bits per heavy atom. The van der Waals surface area contributed by atoms with Crippen molar-refractivity contribution in [1.82, 2.24) is 15.5 Å². The Morgan fingerprint density at radius 1 is 1.69 bits per heavy atom. The Balaban J connectivity index is 1.81. The molecule has 1 aliphatic heterocycles. The molecule has 2 rings (SSSR count). The minimum absolute atomic E-state index is 0.0618. The van der Waals surface area contributed by atoms with Gasteiger partial charge in [-0.15, -0.1) is 0 Å². The molecule has 0 bridgehead atoms. The number of ether oxygens (including phenoxy) is 1. The summed E-state index contributed by atoms with van der Waals surface area (Å²) in [5, 5.41) is 10.3. The predicted octanol–water partition coefficient (Wildman–Crippen LogP) is 1.85. The Morgan fingerprint density at radius 3 is 3.25 bits per heavy atom. The van der Waals surface area contributed by atoms with Crippen molar-refractivity contribution in [3.63, 3.8) is 0 Å². The third kappa shape index (κ3) is 2.83. The minimum Gasteiger partial charge on any atom is -0.375 e. The van der Waals surface area contributed by atoms with Crippen molar-refractivity contribution >= 4 is 0 Å². The lowest BCUT2D eigenvalue weighted by Gasteiger charge is -2.38. The molecule has 1 aromatic heterocycles. The first-order valence-corrected chi connectivity index (χ1v) is 6.07. The van der Waals surface area contributed by atoms with Crippen LogP contribution in [0.5, 0.6) is 0 Å². The Hall–Kier alpha value is -0.870. The second kappa shape index (κ2) is 4.97. The average Bonchev–Trinajstić information content (AvgIpc) is 2.80. The molecule has 90 valence electrons. The number of hydrogen-bond acceptors (Lipinski definition) is 3. The fraction of sp³-hybridized carbons (Fsp3) is 0.750. The van der Waals surface area contributed by atoms with E-state index in [0.29, 0.717) is 6.04 Å². The van der Waals surface area contributed by atoms with Gasteiger partial charge in [-0.25, -0.2) is 0 Å². The molecule has 2 unspecified atom stereocenters. The van der Waals surface area contributed by atoms with Crippen LogP contribution in [0.4, 0.5) is 0 Å². The molecule has 2 N–H and O–H groups in total. The normalized spacial score (nSPS) is 30.5. The molecule has 4 nitrogen and oxygen atoms in total. The fourth-order valence-electron chi connectivity index (χ4n) is 2.19. The Bertz CT molecular complexity index is 312. The smallest absolute Gasteiger partial charge is 0.0666 e. The first-order chi connectivity index (χ1) is 7.72. The van der Waals surface area contributed by atoms with Crippen LogP contribution in [0, 0.1) is 0 Å². The summed E-state index contributed by atoms with van der Waals surface area (Å²) in [6.45, 7) is 6.16. The van der Waals surface area contributed by atoms with Crippen molar-refractivity contribution < 1.29 is 4.74 Å². The molecule has 0 amide bonds. The number of nitrogens with zero attached hydrogens (tertiary/aromatic N) is 1. The number of aromatic nitrogens is 2. The SMILES string of the molecule is CCC1(C)CC(NCc2cn[nH]c2)CCO1. The zero-order valence-electron chi connectivity index (χ0n) is 10.1. The van der Waals surface area contributed by atoms with Crippen LogP contribution in [0.1, 0.15) is 38.7 Å². The summed E-state index contributed by atoms with van der Waals surface area (Å²) in [6.07, 6.45) is 7.09. The van der Waals surface area contributed by atoms with Crippen molar-refractivity contribution in [1.29, 1.82) is 0 Å². The highest BCUT2D eigenvalue weighted by Gasteiger charge is 2.31. The first kappa shape index (κ1) is 11.6. The van der Waals surface area contributed by atoms with Gasteiger partial charge in [0.25, 0.3) is 0 Å². The van der Waals surface area contributed by atoms with E-state index in [-0.39, 0.29) is 5.60 Å². The van der Waals surface area contributed by atoms with Crippen LogP contribution >= 0.6 is 0 Å². The fourth-order valence-corrected chi connectivity index (χ4v) is 2.19. The van der Waals surface area contributed by atoms with E-state index in [9.17, 15) is 0 Å². The average molecular weight is 223 g/mol. The molecule has 1 fully saturated rings. The van der Waals surface area contributed by atoms with Gasteiger partial charge in [0.1, 0.15) is 0 Å². The van der Waals surface area contributed by atoms with Crippen molar-refractivity contribution in [2.45, 2.75) is 51.3 Å². The summed E-state index contributed by atoms with van der Waals surface area (Å²) in [5.41, 5.74) is 1.27. The minimum atomic E-state index is 0.0618. The Labute approximate surface area is 96.8 Å². The van der Waals surface area contributed by atoms with Gasteiger partial charge in [-0.2, -0.15) is 5.10 Å². The lowest BCUT2D eigenvalue weighted by molar-refractivity contribution is -0.0781. The van der Waals surface area contributed by atoms with Crippen LogP contribution in [0.2, 0.25) is 0 Å². The highest BCUT2D eigenvalue weighted by Crippen LogP contribution is 2.27. The summed E-state index contributed by atoms with van der Waals surface area (Å²) in [4.78, 5) is 0. The number of aromatic amines is 1. The summed E-state index contributed by atoms with van der Waals surface area (Å²) in [5.74, 6) is 0. The molecular weight excluding hydrogens is 202 g/mol. The van der Waals surface area contributed by atoms with E-state index in [1.807, 2.05) is 12.4 Å². The van der Waals surface area contributed by atoms with Crippen molar-refractivity contribution in [2.24, 2.45) is 0 Å². The molecule has 1 aromatic rings. The summed E-state index contributed by atoms with van der Waals surface area (Å²) < 4.78 is 5.82. The van der Waals surface area contributed by atoms with Crippen LogP contribution in [0.25, 0.3) is 0 Å². The number of H-pyrrole nitrogens is 1. The van der Waals surface area contributed by atoms with Crippen LogP contribution in [0.15, 0.2) is 12.4 Å².